The fraction of sp³-hybridized carbons (Fsp3) is 0.500. The van der Waals surface area contributed by atoms with Crippen LogP contribution in [-0.2, 0) is 14.9 Å². The van der Waals surface area contributed by atoms with Gasteiger partial charge in [-0.1, -0.05) is 6.92 Å². The fourth-order valence-electron chi connectivity index (χ4n) is 0.568. The van der Waals surface area contributed by atoms with Crippen LogP contribution in [0.4, 0.5) is 0 Å². The normalized spacial score (nSPS) is 12.6. The fourth-order valence-corrected chi connectivity index (χ4v) is 1.01. The molecule has 0 heterocycles. The summed E-state index contributed by atoms with van der Waals surface area (Å²) >= 11 is 0. The van der Waals surface area contributed by atoms with Crippen LogP contribution in [0.15, 0.2) is 11.2 Å². The second kappa shape index (κ2) is 4.83. The van der Waals surface area contributed by atoms with Crippen molar-refractivity contribution in [2.75, 3.05) is 6.54 Å². The van der Waals surface area contributed by atoms with Gasteiger partial charge in [-0.25, -0.2) is 0 Å². The molecule has 0 spiro atoms. The van der Waals surface area contributed by atoms with Crippen LogP contribution in [0.5, 0.6) is 0 Å². The summed E-state index contributed by atoms with van der Waals surface area (Å²) in [6.07, 6.45) is 0.677. The van der Waals surface area contributed by atoms with Crippen LogP contribution in [0.2, 0.25) is 0 Å². The van der Waals surface area contributed by atoms with Crippen molar-refractivity contribution in [1.29, 1.82) is 0 Å². The minimum absolute atomic E-state index is 0.0559. The first-order chi connectivity index (χ1) is 5.93. The summed E-state index contributed by atoms with van der Waals surface area (Å²) in [4.78, 5) is 9.85. The number of hydrogen-bond donors (Lipinski definition) is 3. The maximum absolute atomic E-state index is 10.9. The highest BCUT2D eigenvalue weighted by atomic mass is 32.2. The van der Waals surface area contributed by atoms with Crippen molar-refractivity contribution < 1.29 is 22.9 Å². The number of carbonyl (C=O) groups excluding carboxylic acids is 1. The summed E-state index contributed by atoms with van der Waals surface area (Å²) in [6.45, 7) is 2.04. The average molecular weight is 209 g/mol. The van der Waals surface area contributed by atoms with Crippen molar-refractivity contribution >= 4 is 16.0 Å². The lowest BCUT2D eigenvalue weighted by molar-refractivity contribution is -0.116. The number of nitrogens with one attached hydrogen (secondary N) is 1. The molecule has 0 saturated heterocycles. The number of amides is 1. The van der Waals surface area contributed by atoms with Gasteiger partial charge >= 0.3 is 10.1 Å². The molecule has 0 bridgehead atoms. The second-order valence-corrected chi connectivity index (χ2v) is 3.61. The maximum atomic E-state index is 10.9. The van der Waals surface area contributed by atoms with Crippen LogP contribution < -0.4 is 5.32 Å². The SMILES string of the molecule is CCCNC(=O)C(=CO)S(=O)(=O)O. The summed E-state index contributed by atoms with van der Waals surface area (Å²) in [7, 11) is -4.65. The molecule has 1 amide bonds. The molecule has 6 nitrogen and oxygen atoms in total. The van der Waals surface area contributed by atoms with E-state index in [1.54, 1.807) is 6.92 Å². The zero-order chi connectivity index (χ0) is 10.5. The molecule has 0 aromatic rings. The molecular formula is C6H11NO5S. The lowest BCUT2D eigenvalue weighted by Crippen LogP contribution is -2.28. The Kier molecular flexibility index (Phi) is 4.43. The Morgan fingerprint density at radius 1 is 1.54 bits per heavy atom. The molecule has 0 rings (SSSR count). The lowest BCUT2D eigenvalue weighted by atomic mass is 10.4. The lowest BCUT2D eigenvalue weighted by Gasteiger charge is -2.02. The Balaban J connectivity index is 4.55. The topological polar surface area (TPSA) is 104 Å². The van der Waals surface area contributed by atoms with Gasteiger partial charge in [0, 0.05) is 6.54 Å². The molecule has 0 aromatic carbocycles. The van der Waals surface area contributed by atoms with Crippen molar-refractivity contribution in [1.82, 2.24) is 5.32 Å². The summed E-state index contributed by atoms with van der Waals surface area (Å²) in [5.41, 5.74) is 0. The van der Waals surface area contributed by atoms with Gasteiger partial charge in [-0.15, -0.1) is 0 Å². The predicted molar refractivity (Wildman–Crippen MR) is 45.6 cm³/mol. The minimum Gasteiger partial charge on any atom is -0.514 e. The molecule has 0 aromatic heterocycles. The molecule has 0 aliphatic carbocycles. The number of carbonyl (C=O) groups is 1. The van der Waals surface area contributed by atoms with Gasteiger partial charge in [0.2, 0.25) is 0 Å². The molecule has 0 radical (unpaired) electrons. The minimum atomic E-state index is -4.65. The quantitative estimate of drug-likeness (QED) is 0.338. The Morgan fingerprint density at radius 3 is 2.38 bits per heavy atom. The first-order valence-corrected chi connectivity index (χ1v) is 4.97. The first-order valence-electron chi connectivity index (χ1n) is 3.53. The predicted octanol–water partition coefficient (Wildman–Crippen LogP) is -0.200. The largest absolute Gasteiger partial charge is 0.514 e. The van der Waals surface area contributed by atoms with Crippen LogP contribution in [0.3, 0.4) is 0 Å². The van der Waals surface area contributed by atoms with Crippen LogP contribution in [0.25, 0.3) is 0 Å². The number of hydrogen-bond acceptors (Lipinski definition) is 4. The van der Waals surface area contributed by atoms with E-state index in [0.717, 1.165) is 0 Å². The van der Waals surface area contributed by atoms with Gasteiger partial charge in [0.15, 0.2) is 4.91 Å². The monoisotopic (exact) mass is 209 g/mol. The molecule has 0 atom stereocenters. The van der Waals surface area contributed by atoms with Crippen LogP contribution >= 0.6 is 0 Å². The van der Waals surface area contributed by atoms with E-state index < -0.39 is 20.9 Å². The van der Waals surface area contributed by atoms with E-state index >= 15 is 0 Å². The van der Waals surface area contributed by atoms with Gasteiger partial charge < -0.3 is 10.4 Å². The van der Waals surface area contributed by atoms with Gasteiger partial charge in [-0.2, -0.15) is 8.42 Å². The van der Waals surface area contributed by atoms with Gasteiger partial charge in [0.05, 0.1) is 0 Å². The van der Waals surface area contributed by atoms with E-state index in [-0.39, 0.29) is 12.8 Å². The molecule has 0 unspecified atom stereocenters. The third-order valence-corrected chi connectivity index (χ3v) is 2.00. The van der Waals surface area contributed by atoms with Crippen molar-refractivity contribution in [2.45, 2.75) is 13.3 Å². The average Bonchev–Trinajstić information content (AvgIpc) is 1.99. The van der Waals surface area contributed by atoms with Crippen LogP contribution in [0.1, 0.15) is 13.3 Å². The number of aliphatic hydroxyl groups excluding tert-OH is 1. The Bertz CT molecular complexity index is 305. The molecular weight excluding hydrogens is 198 g/mol. The Morgan fingerprint density at radius 2 is 2.08 bits per heavy atom. The molecule has 0 fully saturated rings. The molecule has 3 N–H and O–H groups in total. The number of rotatable bonds is 4. The van der Waals surface area contributed by atoms with Crippen molar-refractivity contribution in [3.05, 3.63) is 11.2 Å². The van der Waals surface area contributed by atoms with E-state index in [0.29, 0.717) is 6.42 Å². The summed E-state index contributed by atoms with van der Waals surface area (Å²) in [5, 5.41) is 10.6. The highest BCUT2D eigenvalue weighted by molar-refractivity contribution is 7.90. The zero-order valence-corrected chi connectivity index (χ0v) is 7.84. The van der Waals surface area contributed by atoms with Gasteiger partial charge in [-0.3, -0.25) is 9.35 Å². The van der Waals surface area contributed by atoms with Crippen molar-refractivity contribution in [3.63, 3.8) is 0 Å². The Labute approximate surface area is 76.0 Å². The molecule has 13 heavy (non-hydrogen) atoms. The van der Waals surface area contributed by atoms with Gasteiger partial charge in [0.25, 0.3) is 5.91 Å². The molecule has 0 saturated carbocycles. The maximum Gasteiger partial charge on any atom is 0.303 e. The summed E-state index contributed by atoms with van der Waals surface area (Å²) in [6, 6.07) is 0. The Hall–Kier alpha value is -1.08. The molecule has 0 aliphatic rings. The zero-order valence-electron chi connectivity index (χ0n) is 7.02. The van der Waals surface area contributed by atoms with Gasteiger partial charge in [0.1, 0.15) is 6.26 Å². The van der Waals surface area contributed by atoms with E-state index in [9.17, 15) is 13.2 Å². The van der Waals surface area contributed by atoms with Gasteiger partial charge in [-0.05, 0) is 6.42 Å². The third kappa shape index (κ3) is 3.90. The molecule has 0 aliphatic heterocycles. The smallest absolute Gasteiger partial charge is 0.303 e. The summed E-state index contributed by atoms with van der Waals surface area (Å²) in [5.74, 6) is -1.02. The van der Waals surface area contributed by atoms with Crippen LogP contribution in [-0.4, -0.2) is 30.5 Å². The van der Waals surface area contributed by atoms with E-state index in [4.69, 9.17) is 9.66 Å². The second-order valence-electron chi connectivity index (χ2n) is 2.22. The summed E-state index contributed by atoms with van der Waals surface area (Å²) < 4.78 is 29.3. The highest BCUT2D eigenvalue weighted by Gasteiger charge is 2.22. The molecule has 7 heteroatoms. The van der Waals surface area contributed by atoms with Crippen molar-refractivity contribution in [2.24, 2.45) is 0 Å². The standard InChI is InChI=1S/C6H11NO5S/c1-2-3-7-6(9)5(4-8)13(10,11)12/h4,8H,2-3H2,1H3,(H,7,9)(H,10,11,12). The first kappa shape index (κ1) is 11.9. The van der Waals surface area contributed by atoms with E-state index in [2.05, 4.69) is 5.32 Å². The van der Waals surface area contributed by atoms with E-state index in [1.165, 1.54) is 0 Å². The highest BCUT2D eigenvalue weighted by Crippen LogP contribution is 2.02. The van der Waals surface area contributed by atoms with E-state index in [1.807, 2.05) is 0 Å². The third-order valence-electron chi connectivity index (χ3n) is 1.15. The van der Waals surface area contributed by atoms with Crippen LogP contribution in [0, 0.1) is 0 Å². The molecule has 76 valence electrons. The number of aliphatic hydroxyl groups is 1. The van der Waals surface area contributed by atoms with Crippen molar-refractivity contribution in [3.8, 4) is 0 Å².